The van der Waals surface area contributed by atoms with E-state index in [0.717, 1.165) is 10.4 Å². The summed E-state index contributed by atoms with van der Waals surface area (Å²) in [5.41, 5.74) is 6.35. The fourth-order valence-electron chi connectivity index (χ4n) is 1.02. The van der Waals surface area contributed by atoms with Gasteiger partial charge in [-0.3, -0.25) is 0 Å². The van der Waals surface area contributed by atoms with E-state index >= 15 is 0 Å². The second kappa shape index (κ2) is 3.21. The van der Waals surface area contributed by atoms with Crippen molar-refractivity contribution in [1.29, 1.82) is 5.41 Å². The molecule has 7 nitrogen and oxygen atoms in total. The number of aromatic amines is 1. The number of nitrogens with zero attached hydrogens (tertiary/aromatic N) is 2. The van der Waals surface area contributed by atoms with E-state index < -0.39 is 6.02 Å². The minimum atomic E-state index is -0.531. The highest BCUT2D eigenvalue weighted by Crippen LogP contribution is 2.02. The SMILES string of the molecule is N=C(N)OO[n+]1[nH]nc2ccccc21. The first-order chi connectivity index (χ1) is 6.77. The van der Waals surface area contributed by atoms with Gasteiger partial charge in [0.15, 0.2) is 0 Å². The van der Waals surface area contributed by atoms with Crippen molar-refractivity contribution in [3.8, 4) is 0 Å². The van der Waals surface area contributed by atoms with Crippen molar-refractivity contribution in [2.45, 2.75) is 0 Å². The van der Waals surface area contributed by atoms with Crippen LogP contribution in [0.15, 0.2) is 24.3 Å². The highest BCUT2D eigenvalue weighted by molar-refractivity contribution is 5.69. The predicted octanol–water partition coefficient (Wildman–Crippen LogP) is -0.896. The molecule has 4 N–H and O–H groups in total. The Balaban J connectivity index is 2.29. The van der Waals surface area contributed by atoms with Crippen molar-refractivity contribution in [2.75, 3.05) is 0 Å². The number of aromatic nitrogens is 3. The van der Waals surface area contributed by atoms with Crippen LogP contribution < -0.4 is 15.6 Å². The number of H-pyrrole nitrogens is 1. The average Bonchev–Trinajstić information content (AvgIpc) is 2.58. The van der Waals surface area contributed by atoms with Crippen LogP contribution in [0, 0.1) is 5.41 Å². The van der Waals surface area contributed by atoms with E-state index in [-0.39, 0.29) is 0 Å². The van der Waals surface area contributed by atoms with E-state index in [1.165, 1.54) is 0 Å². The Labute approximate surface area is 78.4 Å². The van der Waals surface area contributed by atoms with Gasteiger partial charge >= 0.3 is 6.02 Å². The smallest absolute Gasteiger partial charge is 0.335 e. The summed E-state index contributed by atoms with van der Waals surface area (Å²) in [5, 5.41) is 13.2. The summed E-state index contributed by atoms with van der Waals surface area (Å²) in [4.78, 5) is 10.2. The second-order valence-electron chi connectivity index (χ2n) is 2.52. The molecule has 0 unspecified atom stereocenters. The summed E-state index contributed by atoms with van der Waals surface area (Å²) in [6, 6.07) is 6.73. The monoisotopic (exact) mass is 194 g/mol. The van der Waals surface area contributed by atoms with E-state index in [4.69, 9.17) is 11.1 Å². The van der Waals surface area contributed by atoms with Crippen molar-refractivity contribution in [1.82, 2.24) is 10.3 Å². The zero-order chi connectivity index (χ0) is 9.97. The third kappa shape index (κ3) is 1.42. The molecule has 0 saturated carbocycles. The maximum absolute atomic E-state index is 6.79. The van der Waals surface area contributed by atoms with Gasteiger partial charge in [0.1, 0.15) is 0 Å². The molecule has 0 fully saturated rings. The molecule has 0 bridgehead atoms. The van der Waals surface area contributed by atoms with E-state index in [1.807, 2.05) is 12.1 Å². The summed E-state index contributed by atoms with van der Waals surface area (Å²) in [7, 11) is 0. The number of nitrogens with two attached hydrogens (primary N) is 1. The Hall–Kier alpha value is -2.31. The van der Waals surface area contributed by atoms with Gasteiger partial charge in [-0.15, -0.1) is 0 Å². The molecule has 0 atom stereocenters. The number of hydrogen-bond acceptors (Lipinski definition) is 4. The quantitative estimate of drug-likeness (QED) is 0.190. The van der Waals surface area contributed by atoms with Gasteiger partial charge in [-0.05, 0) is 17.3 Å². The summed E-state index contributed by atoms with van der Waals surface area (Å²) in [6.45, 7) is 0. The van der Waals surface area contributed by atoms with E-state index in [1.54, 1.807) is 12.1 Å². The lowest BCUT2D eigenvalue weighted by Gasteiger charge is -1.94. The molecule has 0 aliphatic carbocycles. The van der Waals surface area contributed by atoms with Crippen molar-refractivity contribution in [3.05, 3.63) is 24.3 Å². The zero-order valence-electron chi connectivity index (χ0n) is 7.10. The van der Waals surface area contributed by atoms with Crippen LogP contribution in [-0.4, -0.2) is 16.3 Å². The molecule has 72 valence electrons. The lowest BCUT2D eigenvalue weighted by Crippen LogP contribution is -2.46. The molecule has 1 aromatic heterocycles. The molecule has 0 radical (unpaired) electrons. The van der Waals surface area contributed by atoms with Crippen LogP contribution in [-0.2, 0) is 4.89 Å². The number of fused-ring (bicyclic) bond motifs is 1. The first kappa shape index (κ1) is 8.30. The normalized spacial score (nSPS) is 10.0. The number of rotatable bonds is 2. The number of amidine groups is 1. The largest absolute Gasteiger partial charge is 0.350 e. The van der Waals surface area contributed by atoms with Crippen LogP contribution in [0.2, 0.25) is 0 Å². The first-order valence-electron chi connectivity index (χ1n) is 3.81. The second-order valence-corrected chi connectivity index (χ2v) is 2.52. The summed E-state index contributed by atoms with van der Waals surface area (Å²) >= 11 is 0. The van der Waals surface area contributed by atoms with Crippen LogP contribution in [0.1, 0.15) is 0 Å². The van der Waals surface area contributed by atoms with Crippen LogP contribution >= 0.6 is 0 Å². The van der Waals surface area contributed by atoms with Crippen molar-refractivity contribution in [3.63, 3.8) is 0 Å². The molecule has 0 aliphatic rings. The van der Waals surface area contributed by atoms with Gasteiger partial charge in [0.05, 0.1) is 4.85 Å². The molecule has 14 heavy (non-hydrogen) atoms. The first-order valence-corrected chi connectivity index (χ1v) is 3.81. The number of benzene rings is 1. The zero-order valence-corrected chi connectivity index (χ0v) is 7.10. The van der Waals surface area contributed by atoms with Gasteiger partial charge in [0.25, 0.3) is 11.0 Å². The molecule has 1 aromatic carbocycles. The lowest BCUT2D eigenvalue weighted by molar-refractivity contribution is -0.971. The Kier molecular flexibility index (Phi) is 1.90. The van der Waals surface area contributed by atoms with Crippen LogP contribution in [0.25, 0.3) is 11.0 Å². The summed E-state index contributed by atoms with van der Waals surface area (Å²) in [6.07, 6.45) is 0. The Bertz CT molecular complexity index is 466. The molecule has 0 amide bonds. The topological polar surface area (TPSA) is 101 Å². The van der Waals surface area contributed by atoms with Gasteiger partial charge in [-0.2, -0.15) is 0 Å². The number of hydrogen-bond donors (Lipinski definition) is 3. The molecule has 2 rings (SSSR count). The van der Waals surface area contributed by atoms with Crippen LogP contribution in [0.4, 0.5) is 0 Å². The fourth-order valence-corrected chi connectivity index (χ4v) is 1.02. The maximum Gasteiger partial charge on any atom is 0.335 e. The highest BCUT2D eigenvalue weighted by atomic mass is 17.3. The van der Waals surface area contributed by atoms with Crippen molar-refractivity contribution < 1.29 is 14.7 Å². The van der Waals surface area contributed by atoms with Crippen LogP contribution in [0.3, 0.4) is 0 Å². The van der Waals surface area contributed by atoms with Gasteiger partial charge in [-0.1, -0.05) is 17.1 Å². The standard InChI is InChI=1S/C7H7N5O2/c8-7(9)13-14-12-6-4-2-1-3-5(6)10-11-12/h1-4H,(H3,8,9)/p+1. The van der Waals surface area contributed by atoms with Crippen LogP contribution in [0.5, 0.6) is 0 Å². The average molecular weight is 194 g/mol. The summed E-state index contributed by atoms with van der Waals surface area (Å²) in [5.74, 6) is 0. The van der Waals surface area contributed by atoms with Gasteiger partial charge in [0, 0.05) is 5.10 Å². The molecule has 0 spiro atoms. The van der Waals surface area contributed by atoms with Crippen molar-refractivity contribution in [2.24, 2.45) is 5.73 Å². The Morgan fingerprint density at radius 2 is 2.29 bits per heavy atom. The van der Waals surface area contributed by atoms with Crippen molar-refractivity contribution >= 4 is 17.1 Å². The van der Waals surface area contributed by atoms with E-state index in [0.29, 0.717) is 5.52 Å². The van der Waals surface area contributed by atoms with E-state index in [2.05, 4.69) is 20.2 Å². The summed E-state index contributed by atoms with van der Waals surface area (Å²) < 4.78 is 0. The minimum Gasteiger partial charge on any atom is -0.350 e. The molecular weight excluding hydrogens is 186 g/mol. The lowest BCUT2D eigenvalue weighted by atomic mass is 10.3. The molecule has 2 aromatic rings. The molecular formula is C7H8N5O2+. The Morgan fingerprint density at radius 1 is 1.50 bits per heavy atom. The van der Waals surface area contributed by atoms with E-state index in [9.17, 15) is 0 Å². The number of nitrogens with one attached hydrogen (secondary N) is 2. The van der Waals surface area contributed by atoms with Gasteiger partial charge in [-0.25, -0.2) is 10.3 Å². The molecule has 0 saturated heterocycles. The third-order valence-electron chi connectivity index (χ3n) is 1.56. The highest BCUT2D eigenvalue weighted by Gasteiger charge is 2.13. The minimum absolute atomic E-state index is 0.531. The fraction of sp³-hybridized carbons (Fsp3) is 0. The van der Waals surface area contributed by atoms with Gasteiger partial charge in [0.2, 0.25) is 0 Å². The molecule has 7 heteroatoms. The predicted molar refractivity (Wildman–Crippen MR) is 45.9 cm³/mol. The molecule has 0 aliphatic heterocycles. The third-order valence-corrected chi connectivity index (χ3v) is 1.56. The molecule has 1 heterocycles. The number of para-hydroxylation sites is 2. The maximum atomic E-state index is 6.79. The Morgan fingerprint density at radius 3 is 3.07 bits per heavy atom. The van der Waals surface area contributed by atoms with Gasteiger partial charge < -0.3 is 5.73 Å².